The monoisotopic (exact) mass is 1130 g/mol. The normalized spacial score (nSPS) is 13.1. The maximum absolute atomic E-state index is 12.9. The van der Waals surface area contributed by atoms with Crippen molar-refractivity contribution in [2.24, 2.45) is 0 Å². The Morgan fingerprint density at radius 3 is 0.821 bits per heavy atom. The SMILES string of the molecule is CCCCCCCCCCCCCCCCCCCCCCCCCCCCCCC(=O)OC(COC(=O)CCCCCCCCCCCCCCCCCCCCCCCCCCCC)COP(=O)(O)OCC[N+](C)(C)C. The van der Waals surface area contributed by atoms with E-state index in [1.54, 1.807) is 0 Å². The molecule has 0 aliphatic carbocycles. The smallest absolute Gasteiger partial charge is 0.462 e. The molecule has 9 nitrogen and oxygen atoms in total. The average Bonchev–Trinajstić information content (AvgIpc) is 3.40. The first-order valence-corrected chi connectivity index (χ1v) is 36.3. The van der Waals surface area contributed by atoms with Crippen molar-refractivity contribution >= 4 is 19.8 Å². The Morgan fingerprint density at radius 2 is 0.577 bits per heavy atom. The van der Waals surface area contributed by atoms with Crippen LogP contribution in [0.25, 0.3) is 0 Å². The molecule has 0 radical (unpaired) electrons. The molecule has 0 saturated heterocycles. The second kappa shape index (κ2) is 60.6. The lowest BCUT2D eigenvalue weighted by Gasteiger charge is -2.24. The topological polar surface area (TPSA) is 108 Å². The van der Waals surface area contributed by atoms with Gasteiger partial charge in [0.1, 0.15) is 19.8 Å². The van der Waals surface area contributed by atoms with E-state index in [1.165, 1.54) is 308 Å². The summed E-state index contributed by atoms with van der Waals surface area (Å²) in [7, 11) is 1.51. The number of nitrogens with zero attached hydrogens (tertiary/aromatic N) is 1. The molecule has 0 heterocycles. The van der Waals surface area contributed by atoms with Crippen molar-refractivity contribution in [2.45, 2.75) is 380 Å². The van der Waals surface area contributed by atoms with Gasteiger partial charge in [-0.3, -0.25) is 18.6 Å². The van der Waals surface area contributed by atoms with Crippen LogP contribution in [0.15, 0.2) is 0 Å². The van der Waals surface area contributed by atoms with E-state index in [2.05, 4.69) is 13.8 Å². The number of phosphoric ester groups is 1. The molecule has 0 bridgehead atoms. The molecule has 0 aliphatic heterocycles. The zero-order chi connectivity index (χ0) is 57.0. The molecule has 0 fully saturated rings. The molecule has 0 aromatic rings. The van der Waals surface area contributed by atoms with Crippen molar-refractivity contribution in [1.29, 1.82) is 0 Å². The van der Waals surface area contributed by atoms with Gasteiger partial charge in [0.25, 0.3) is 0 Å². The van der Waals surface area contributed by atoms with Crippen LogP contribution in [0, 0.1) is 0 Å². The van der Waals surface area contributed by atoms with Gasteiger partial charge in [-0.05, 0) is 12.8 Å². The average molecular weight is 1130 g/mol. The first-order chi connectivity index (χ1) is 38.0. The molecule has 78 heavy (non-hydrogen) atoms. The van der Waals surface area contributed by atoms with Gasteiger partial charge in [0.2, 0.25) is 0 Å². The van der Waals surface area contributed by atoms with Gasteiger partial charge in [-0.15, -0.1) is 0 Å². The van der Waals surface area contributed by atoms with Crippen LogP contribution < -0.4 is 0 Å². The number of carbonyl (C=O) groups is 2. The standard InChI is InChI=1S/C68H136NO8P/c1-6-8-10-12-14-16-18-20-22-24-26-28-30-32-34-35-37-39-41-43-45-47-49-51-53-55-57-59-61-68(71)77-66(65-76-78(72,73)75-63-62-69(3,4)5)64-74-67(70)60-58-56-54-52-50-48-46-44-42-40-38-36-33-31-29-27-25-23-21-19-17-15-13-11-9-7-2/h66H,6-65H2,1-5H3/p+1. The first-order valence-electron chi connectivity index (χ1n) is 34.8. The fourth-order valence-electron chi connectivity index (χ4n) is 10.8. The van der Waals surface area contributed by atoms with E-state index in [-0.39, 0.29) is 25.6 Å². The van der Waals surface area contributed by atoms with E-state index in [0.29, 0.717) is 17.4 Å². The summed E-state index contributed by atoms with van der Waals surface area (Å²) >= 11 is 0. The van der Waals surface area contributed by atoms with Crippen LogP contribution >= 0.6 is 7.82 Å². The highest BCUT2D eigenvalue weighted by Gasteiger charge is 2.27. The minimum absolute atomic E-state index is 0.0377. The Bertz CT molecular complexity index is 1280. The van der Waals surface area contributed by atoms with Gasteiger partial charge in [-0.25, -0.2) is 4.57 Å². The van der Waals surface area contributed by atoms with E-state index in [4.69, 9.17) is 18.5 Å². The number of unbranched alkanes of at least 4 members (excludes halogenated alkanes) is 52. The lowest BCUT2D eigenvalue weighted by Crippen LogP contribution is -2.37. The second-order valence-electron chi connectivity index (χ2n) is 25.3. The molecular weight excluding hydrogens is 990 g/mol. The lowest BCUT2D eigenvalue weighted by atomic mass is 10.0. The van der Waals surface area contributed by atoms with Gasteiger partial charge in [0, 0.05) is 12.8 Å². The molecule has 2 atom stereocenters. The van der Waals surface area contributed by atoms with Crippen molar-refractivity contribution in [1.82, 2.24) is 0 Å². The summed E-state index contributed by atoms with van der Waals surface area (Å²) < 4.78 is 34.7. The molecule has 0 aliphatic rings. The minimum Gasteiger partial charge on any atom is -0.462 e. The van der Waals surface area contributed by atoms with Gasteiger partial charge < -0.3 is 18.9 Å². The summed E-state index contributed by atoms with van der Waals surface area (Å²) in [4.78, 5) is 35.8. The van der Waals surface area contributed by atoms with Crippen LogP contribution in [0.1, 0.15) is 373 Å². The summed E-state index contributed by atoms with van der Waals surface area (Å²) in [5.74, 6) is -0.768. The van der Waals surface area contributed by atoms with Crippen molar-refractivity contribution in [3.8, 4) is 0 Å². The summed E-state index contributed by atoms with van der Waals surface area (Å²) in [6.07, 6.45) is 72.1. The summed E-state index contributed by atoms with van der Waals surface area (Å²) in [5, 5.41) is 0. The van der Waals surface area contributed by atoms with Crippen LogP contribution in [0.5, 0.6) is 0 Å². The molecule has 0 rings (SSSR count). The Morgan fingerprint density at radius 1 is 0.346 bits per heavy atom. The number of carbonyl (C=O) groups excluding carboxylic acids is 2. The summed E-state index contributed by atoms with van der Waals surface area (Å²) in [5.41, 5.74) is 0. The van der Waals surface area contributed by atoms with E-state index < -0.39 is 26.5 Å². The van der Waals surface area contributed by atoms with Gasteiger partial charge in [-0.2, -0.15) is 0 Å². The third kappa shape index (κ3) is 64.2. The van der Waals surface area contributed by atoms with Crippen molar-refractivity contribution < 1.29 is 42.1 Å². The number of likely N-dealkylation sites (N-methyl/N-ethyl adjacent to an activating group) is 1. The maximum atomic E-state index is 12.9. The minimum atomic E-state index is -4.38. The Kier molecular flexibility index (Phi) is 59.8. The second-order valence-corrected chi connectivity index (χ2v) is 26.7. The highest BCUT2D eigenvalue weighted by molar-refractivity contribution is 7.47. The molecule has 466 valence electrons. The predicted molar refractivity (Wildman–Crippen MR) is 335 cm³/mol. The van der Waals surface area contributed by atoms with E-state index in [9.17, 15) is 19.0 Å². The Hall–Kier alpha value is -0.990. The Balaban J connectivity index is 3.98. The number of phosphoric acid groups is 1. The van der Waals surface area contributed by atoms with Crippen LogP contribution in [0.3, 0.4) is 0 Å². The van der Waals surface area contributed by atoms with Gasteiger partial charge in [0.05, 0.1) is 27.7 Å². The maximum Gasteiger partial charge on any atom is 0.472 e. The highest BCUT2D eigenvalue weighted by atomic mass is 31.2. The molecular formula is C68H137NO8P+. The van der Waals surface area contributed by atoms with Crippen LogP contribution in [-0.4, -0.2) is 74.9 Å². The predicted octanol–water partition coefficient (Wildman–Crippen LogP) is 22.2. The molecule has 0 spiro atoms. The molecule has 0 aromatic heterocycles. The highest BCUT2D eigenvalue weighted by Crippen LogP contribution is 2.43. The van der Waals surface area contributed by atoms with Crippen molar-refractivity contribution in [3.63, 3.8) is 0 Å². The number of quaternary nitrogens is 1. The summed E-state index contributed by atoms with van der Waals surface area (Å²) in [6.45, 7) is 4.53. The van der Waals surface area contributed by atoms with Gasteiger partial charge >= 0.3 is 19.8 Å². The molecule has 1 N–H and O–H groups in total. The zero-order valence-corrected chi connectivity index (χ0v) is 54.1. The Labute approximate surface area is 486 Å². The van der Waals surface area contributed by atoms with Crippen LogP contribution in [0.4, 0.5) is 0 Å². The quantitative estimate of drug-likeness (QED) is 0.0278. The zero-order valence-electron chi connectivity index (χ0n) is 53.2. The number of esters is 2. The third-order valence-corrected chi connectivity index (χ3v) is 17.1. The van der Waals surface area contributed by atoms with Crippen LogP contribution in [0.2, 0.25) is 0 Å². The largest absolute Gasteiger partial charge is 0.472 e. The fourth-order valence-corrected chi connectivity index (χ4v) is 11.5. The van der Waals surface area contributed by atoms with Gasteiger partial charge in [0.15, 0.2) is 6.10 Å². The summed E-state index contributed by atoms with van der Waals surface area (Å²) in [6, 6.07) is 0. The molecule has 0 saturated carbocycles. The molecule has 2 unspecified atom stereocenters. The van der Waals surface area contributed by atoms with Crippen molar-refractivity contribution in [2.75, 3.05) is 47.5 Å². The number of ether oxygens (including phenoxy) is 2. The number of hydrogen-bond acceptors (Lipinski definition) is 7. The van der Waals surface area contributed by atoms with Crippen LogP contribution in [-0.2, 0) is 32.7 Å². The van der Waals surface area contributed by atoms with E-state index in [0.717, 1.165) is 38.5 Å². The number of rotatable bonds is 66. The lowest BCUT2D eigenvalue weighted by molar-refractivity contribution is -0.870. The third-order valence-electron chi connectivity index (χ3n) is 16.1. The van der Waals surface area contributed by atoms with Crippen molar-refractivity contribution in [3.05, 3.63) is 0 Å². The first kappa shape index (κ1) is 77.0. The van der Waals surface area contributed by atoms with E-state index >= 15 is 0 Å². The van der Waals surface area contributed by atoms with Gasteiger partial charge in [-0.1, -0.05) is 348 Å². The fraction of sp³-hybridized carbons (Fsp3) is 0.971. The number of hydrogen-bond donors (Lipinski definition) is 1. The van der Waals surface area contributed by atoms with E-state index in [1.807, 2.05) is 21.1 Å². The molecule has 0 amide bonds. The molecule has 10 heteroatoms. The molecule has 0 aromatic carbocycles.